The summed E-state index contributed by atoms with van der Waals surface area (Å²) < 4.78 is 5.42. The van der Waals surface area contributed by atoms with Crippen LogP contribution in [0.4, 0.5) is 0 Å². The smallest absolute Gasteiger partial charge is 0.119 e. The number of nitrogens with zero attached hydrogens (tertiary/aromatic N) is 2. The first-order valence-electron chi connectivity index (χ1n) is 11.1. The first kappa shape index (κ1) is 23.8. The molecule has 172 valence electrons. The predicted octanol–water partition coefficient (Wildman–Crippen LogP) is 6.20. The first-order valence-corrected chi connectivity index (χ1v) is 11.9. The maximum Gasteiger partial charge on any atom is 0.119 e. The van der Waals surface area contributed by atoms with Crippen LogP contribution in [-0.4, -0.2) is 41.7 Å². The van der Waals surface area contributed by atoms with Crippen LogP contribution < -0.4 is 4.74 Å². The molecule has 0 unspecified atom stereocenters. The summed E-state index contributed by atoms with van der Waals surface area (Å²) in [6, 6.07) is 17.5. The third kappa shape index (κ3) is 5.77. The molecule has 4 rings (SSSR count). The Labute approximate surface area is 205 Å². The Hall–Kier alpha value is -2.37. The monoisotopic (exact) mass is 482 g/mol. The quantitative estimate of drug-likeness (QED) is 0.435. The van der Waals surface area contributed by atoms with Gasteiger partial charge in [-0.3, -0.25) is 4.98 Å². The summed E-state index contributed by atoms with van der Waals surface area (Å²) in [5.41, 5.74) is 3.19. The van der Waals surface area contributed by atoms with Gasteiger partial charge in [0.05, 0.1) is 12.7 Å². The molecule has 1 N–H and O–H groups in total. The normalized spacial score (nSPS) is 16.5. The van der Waals surface area contributed by atoms with Crippen molar-refractivity contribution in [1.29, 1.82) is 0 Å². The van der Waals surface area contributed by atoms with Crippen molar-refractivity contribution in [2.45, 2.75) is 24.9 Å². The molecule has 4 nitrogen and oxygen atoms in total. The SMILES string of the molecule is COc1cccc(/C(=C/CCN2CCC(O)(c3ccc(Cl)cc3Cl)CC2)c2cccnc2)c1. The number of ether oxygens (including phenoxy) is 1. The molecule has 0 atom stereocenters. The van der Waals surface area contributed by atoms with E-state index in [1.54, 1.807) is 25.4 Å². The highest BCUT2D eigenvalue weighted by Gasteiger charge is 2.35. The molecule has 6 heteroatoms. The molecule has 3 aromatic rings. The maximum absolute atomic E-state index is 11.2. The van der Waals surface area contributed by atoms with Crippen molar-refractivity contribution in [2.24, 2.45) is 0 Å². The number of aliphatic hydroxyl groups is 1. The summed E-state index contributed by atoms with van der Waals surface area (Å²) >= 11 is 12.4. The average Bonchev–Trinajstić information content (AvgIpc) is 2.83. The fraction of sp³-hybridized carbons (Fsp3) is 0.296. The molecule has 0 aliphatic carbocycles. The minimum Gasteiger partial charge on any atom is -0.497 e. The van der Waals surface area contributed by atoms with E-state index in [0.717, 1.165) is 54.1 Å². The Balaban J connectivity index is 1.43. The summed E-state index contributed by atoms with van der Waals surface area (Å²) in [7, 11) is 1.68. The van der Waals surface area contributed by atoms with Gasteiger partial charge < -0.3 is 14.7 Å². The number of aromatic nitrogens is 1. The third-order valence-electron chi connectivity index (χ3n) is 6.26. The molecule has 2 heterocycles. The molecule has 1 saturated heterocycles. The van der Waals surface area contributed by atoms with Gasteiger partial charge >= 0.3 is 0 Å². The molecular formula is C27H28Cl2N2O2. The number of hydrogen-bond acceptors (Lipinski definition) is 4. The van der Waals surface area contributed by atoms with Crippen LogP contribution in [0.1, 0.15) is 36.0 Å². The van der Waals surface area contributed by atoms with Crippen LogP contribution in [0.5, 0.6) is 5.75 Å². The summed E-state index contributed by atoms with van der Waals surface area (Å²) in [5.74, 6) is 0.832. The van der Waals surface area contributed by atoms with E-state index >= 15 is 0 Å². The number of benzene rings is 2. The van der Waals surface area contributed by atoms with Crippen LogP contribution in [0.3, 0.4) is 0 Å². The van der Waals surface area contributed by atoms with Crippen LogP contribution in [-0.2, 0) is 5.60 Å². The van der Waals surface area contributed by atoms with Gasteiger partial charge in [-0.2, -0.15) is 0 Å². The number of hydrogen-bond donors (Lipinski definition) is 1. The molecule has 33 heavy (non-hydrogen) atoms. The second-order valence-electron chi connectivity index (χ2n) is 8.38. The lowest BCUT2D eigenvalue weighted by Crippen LogP contribution is -2.43. The molecule has 1 aliphatic rings. The highest BCUT2D eigenvalue weighted by atomic mass is 35.5. The predicted molar refractivity (Wildman–Crippen MR) is 135 cm³/mol. The summed E-state index contributed by atoms with van der Waals surface area (Å²) in [6.07, 6.45) is 8.12. The molecular weight excluding hydrogens is 455 g/mol. The van der Waals surface area contributed by atoms with E-state index in [1.807, 2.05) is 30.5 Å². The molecule has 0 bridgehead atoms. The van der Waals surface area contributed by atoms with Crippen molar-refractivity contribution < 1.29 is 9.84 Å². The molecule has 0 amide bonds. The van der Waals surface area contributed by atoms with E-state index < -0.39 is 5.60 Å². The Morgan fingerprint density at radius 1 is 1.09 bits per heavy atom. The summed E-state index contributed by atoms with van der Waals surface area (Å²) in [6.45, 7) is 2.54. The molecule has 0 spiro atoms. The fourth-order valence-electron chi connectivity index (χ4n) is 4.39. The minimum atomic E-state index is -0.907. The molecule has 1 aromatic heterocycles. The Morgan fingerprint density at radius 3 is 2.58 bits per heavy atom. The van der Waals surface area contributed by atoms with E-state index in [2.05, 4.69) is 34.2 Å². The number of methoxy groups -OCH3 is 1. The standard InChI is InChI=1S/C27H28Cl2N2O2/c1-33-23-7-2-5-20(17-23)24(21-6-3-13-30-19-21)8-4-14-31-15-11-27(32,12-16-31)25-10-9-22(28)18-26(25)29/h2-3,5-10,13,17-19,32H,4,11-12,14-16H2,1H3/b24-8-. The minimum absolute atomic E-state index is 0.529. The largest absolute Gasteiger partial charge is 0.497 e. The fourth-order valence-corrected chi connectivity index (χ4v) is 4.97. The van der Waals surface area contributed by atoms with Crippen LogP contribution >= 0.6 is 23.2 Å². The topological polar surface area (TPSA) is 45.6 Å². The second kappa shape index (κ2) is 10.7. The molecule has 0 radical (unpaired) electrons. The second-order valence-corrected chi connectivity index (χ2v) is 9.22. The lowest BCUT2D eigenvalue weighted by atomic mass is 9.84. The van der Waals surface area contributed by atoms with Crippen molar-refractivity contribution in [3.05, 3.63) is 99.8 Å². The van der Waals surface area contributed by atoms with Gasteiger partial charge in [0, 0.05) is 53.2 Å². The van der Waals surface area contributed by atoms with E-state index in [0.29, 0.717) is 22.9 Å². The zero-order valence-corrected chi connectivity index (χ0v) is 20.2. The highest BCUT2D eigenvalue weighted by molar-refractivity contribution is 6.35. The molecule has 2 aromatic carbocycles. The number of pyridine rings is 1. The Morgan fingerprint density at radius 2 is 1.88 bits per heavy atom. The maximum atomic E-state index is 11.2. The number of halogens is 2. The number of rotatable bonds is 7. The van der Waals surface area contributed by atoms with Gasteiger partial charge in [0.1, 0.15) is 5.75 Å². The van der Waals surface area contributed by atoms with Gasteiger partial charge in [-0.15, -0.1) is 0 Å². The third-order valence-corrected chi connectivity index (χ3v) is 6.81. The lowest BCUT2D eigenvalue weighted by Gasteiger charge is -2.39. The van der Waals surface area contributed by atoms with Crippen molar-refractivity contribution in [3.63, 3.8) is 0 Å². The van der Waals surface area contributed by atoms with Gasteiger partial charge in [0.25, 0.3) is 0 Å². The molecule has 0 saturated carbocycles. The first-order chi connectivity index (χ1) is 16.0. The Bertz CT molecular complexity index is 1110. The van der Waals surface area contributed by atoms with Crippen molar-refractivity contribution in [1.82, 2.24) is 9.88 Å². The van der Waals surface area contributed by atoms with E-state index in [1.165, 1.54) is 0 Å². The zero-order valence-electron chi connectivity index (χ0n) is 18.7. The van der Waals surface area contributed by atoms with E-state index in [-0.39, 0.29) is 0 Å². The van der Waals surface area contributed by atoms with Gasteiger partial charge in [0.15, 0.2) is 0 Å². The van der Waals surface area contributed by atoms with Gasteiger partial charge in [0.2, 0.25) is 0 Å². The van der Waals surface area contributed by atoms with Gasteiger partial charge in [-0.05, 0) is 60.7 Å². The van der Waals surface area contributed by atoms with Crippen molar-refractivity contribution in [3.8, 4) is 5.75 Å². The summed E-state index contributed by atoms with van der Waals surface area (Å²) in [5, 5.41) is 12.3. The number of piperidine rings is 1. The lowest BCUT2D eigenvalue weighted by molar-refractivity contribution is -0.0253. The van der Waals surface area contributed by atoms with Gasteiger partial charge in [-0.25, -0.2) is 0 Å². The van der Waals surface area contributed by atoms with Crippen LogP contribution in [0, 0.1) is 0 Å². The van der Waals surface area contributed by atoms with Crippen LogP contribution in [0.2, 0.25) is 10.0 Å². The van der Waals surface area contributed by atoms with Gasteiger partial charge in [-0.1, -0.05) is 53.5 Å². The molecule has 1 aliphatic heterocycles. The van der Waals surface area contributed by atoms with Crippen LogP contribution in [0.15, 0.2) is 73.1 Å². The summed E-state index contributed by atoms with van der Waals surface area (Å²) in [4.78, 5) is 6.69. The highest BCUT2D eigenvalue weighted by Crippen LogP contribution is 2.38. The van der Waals surface area contributed by atoms with E-state index in [9.17, 15) is 5.11 Å². The molecule has 1 fully saturated rings. The zero-order chi connectivity index (χ0) is 23.3. The van der Waals surface area contributed by atoms with Crippen molar-refractivity contribution >= 4 is 28.8 Å². The van der Waals surface area contributed by atoms with E-state index in [4.69, 9.17) is 27.9 Å². The number of likely N-dealkylation sites (tertiary alicyclic amines) is 1. The van der Waals surface area contributed by atoms with Crippen LogP contribution in [0.25, 0.3) is 5.57 Å². The Kier molecular flexibility index (Phi) is 7.71. The van der Waals surface area contributed by atoms with Crippen molar-refractivity contribution in [2.75, 3.05) is 26.7 Å². The average molecular weight is 483 g/mol.